The summed E-state index contributed by atoms with van der Waals surface area (Å²) in [6.07, 6.45) is 1.74. The van der Waals surface area contributed by atoms with E-state index in [4.69, 9.17) is 5.73 Å². The molecule has 17 heavy (non-hydrogen) atoms. The topological polar surface area (TPSA) is 38.9 Å². The Balaban J connectivity index is 2.02. The van der Waals surface area contributed by atoms with Crippen LogP contribution in [0, 0.1) is 5.82 Å². The van der Waals surface area contributed by atoms with Crippen molar-refractivity contribution in [2.75, 3.05) is 5.73 Å². The van der Waals surface area contributed by atoms with E-state index in [9.17, 15) is 4.39 Å². The van der Waals surface area contributed by atoms with E-state index in [-0.39, 0.29) is 11.5 Å². The van der Waals surface area contributed by atoms with Gasteiger partial charge in [-0.05, 0) is 45.8 Å². The van der Waals surface area contributed by atoms with Gasteiger partial charge in [-0.15, -0.1) is 11.8 Å². The summed E-state index contributed by atoms with van der Waals surface area (Å²) in [6.45, 7) is 0. The molecule has 0 radical (unpaired) electrons. The van der Waals surface area contributed by atoms with Gasteiger partial charge in [-0.1, -0.05) is 6.07 Å². The molecule has 1 aromatic heterocycles. The minimum absolute atomic E-state index is 0.181. The van der Waals surface area contributed by atoms with Crippen LogP contribution in [0.4, 0.5) is 10.1 Å². The number of nitrogens with two attached hydrogens (primary N) is 1. The first-order valence-corrected chi connectivity index (χ1v) is 6.71. The van der Waals surface area contributed by atoms with Gasteiger partial charge in [0.05, 0.1) is 10.7 Å². The molecule has 0 amide bonds. The van der Waals surface area contributed by atoms with Crippen molar-refractivity contribution in [2.24, 2.45) is 0 Å². The lowest BCUT2D eigenvalue weighted by Crippen LogP contribution is -1.92. The Morgan fingerprint density at radius 3 is 2.76 bits per heavy atom. The van der Waals surface area contributed by atoms with Crippen LogP contribution in [0.2, 0.25) is 0 Å². The van der Waals surface area contributed by atoms with E-state index in [1.807, 2.05) is 18.2 Å². The van der Waals surface area contributed by atoms with Gasteiger partial charge in [-0.25, -0.2) is 9.37 Å². The van der Waals surface area contributed by atoms with E-state index in [1.54, 1.807) is 24.0 Å². The Bertz CT molecular complexity index is 516. The highest BCUT2D eigenvalue weighted by molar-refractivity contribution is 9.10. The van der Waals surface area contributed by atoms with E-state index in [2.05, 4.69) is 20.9 Å². The molecular formula is C12H10BrFN2S. The van der Waals surface area contributed by atoms with Crippen LogP contribution in [0.3, 0.4) is 0 Å². The van der Waals surface area contributed by atoms with Gasteiger partial charge in [0.1, 0.15) is 5.82 Å². The smallest absolute Gasteiger partial charge is 0.146 e. The molecule has 0 saturated carbocycles. The first kappa shape index (κ1) is 12.4. The maximum Gasteiger partial charge on any atom is 0.146 e. The van der Waals surface area contributed by atoms with E-state index in [1.165, 1.54) is 6.07 Å². The Hall–Kier alpha value is -1.07. The van der Waals surface area contributed by atoms with Gasteiger partial charge >= 0.3 is 0 Å². The average molecular weight is 313 g/mol. The highest BCUT2D eigenvalue weighted by atomic mass is 79.9. The van der Waals surface area contributed by atoms with Gasteiger partial charge < -0.3 is 5.73 Å². The second kappa shape index (κ2) is 5.51. The van der Waals surface area contributed by atoms with Gasteiger partial charge in [-0.2, -0.15) is 0 Å². The number of hydrogen-bond acceptors (Lipinski definition) is 3. The first-order chi connectivity index (χ1) is 8.15. The van der Waals surface area contributed by atoms with Crippen LogP contribution in [0.25, 0.3) is 0 Å². The zero-order chi connectivity index (χ0) is 12.3. The van der Waals surface area contributed by atoms with Crippen molar-refractivity contribution in [3.8, 4) is 0 Å². The molecule has 0 aliphatic carbocycles. The fourth-order valence-corrected chi connectivity index (χ4v) is 2.29. The molecule has 0 spiro atoms. The van der Waals surface area contributed by atoms with Crippen LogP contribution in [0.1, 0.15) is 5.56 Å². The summed E-state index contributed by atoms with van der Waals surface area (Å²) >= 11 is 4.88. The average Bonchev–Trinajstić information content (AvgIpc) is 2.33. The normalized spacial score (nSPS) is 10.5. The fourth-order valence-electron chi connectivity index (χ4n) is 1.27. The zero-order valence-electron chi connectivity index (χ0n) is 8.86. The van der Waals surface area contributed by atoms with Crippen molar-refractivity contribution in [3.63, 3.8) is 0 Å². The molecule has 0 atom stereocenters. The number of thioether (sulfide) groups is 1. The highest BCUT2D eigenvalue weighted by Crippen LogP contribution is 2.23. The summed E-state index contributed by atoms with van der Waals surface area (Å²) in [7, 11) is 0. The number of aromatic nitrogens is 1. The molecule has 2 rings (SSSR count). The lowest BCUT2D eigenvalue weighted by molar-refractivity contribution is 0.631. The minimum atomic E-state index is -0.369. The SMILES string of the molecule is Nc1ccc(CSc2ccc(Br)cn2)cc1F. The van der Waals surface area contributed by atoms with Crippen LogP contribution in [-0.4, -0.2) is 4.98 Å². The Kier molecular flexibility index (Phi) is 4.02. The van der Waals surface area contributed by atoms with Crippen molar-refractivity contribution in [3.05, 3.63) is 52.4 Å². The Morgan fingerprint density at radius 1 is 1.29 bits per heavy atom. The number of pyridine rings is 1. The van der Waals surface area contributed by atoms with Crippen molar-refractivity contribution in [1.82, 2.24) is 4.98 Å². The summed E-state index contributed by atoms with van der Waals surface area (Å²) in [4.78, 5) is 4.23. The molecule has 0 saturated heterocycles. The van der Waals surface area contributed by atoms with Crippen molar-refractivity contribution >= 4 is 33.4 Å². The van der Waals surface area contributed by atoms with Crippen molar-refractivity contribution < 1.29 is 4.39 Å². The number of hydrogen-bond donors (Lipinski definition) is 1. The molecule has 0 unspecified atom stereocenters. The minimum Gasteiger partial charge on any atom is -0.396 e. The maximum atomic E-state index is 13.2. The van der Waals surface area contributed by atoms with E-state index in [0.29, 0.717) is 5.75 Å². The van der Waals surface area contributed by atoms with E-state index < -0.39 is 0 Å². The standard InChI is InChI=1S/C12H10BrFN2S/c13-9-2-4-12(16-6-9)17-7-8-1-3-11(15)10(14)5-8/h1-6H,7,15H2. The molecule has 0 fully saturated rings. The number of benzene rings is 1. The van der Waals surface area contributed by atoms with Crippen molar-refractivity contribution in [2.45, 2.75) is 10.8 Å². The lowest BCUT2D eigenvalue weighted by Gasteiger charge is -2.03. The number of rotatable bonds is 3. The van der Waals surface area contributed by atoms with E-state index >= 15 is 0 Å². The molecule has 2 nitrogen and oxygen atoms in total. The van der Waals surface area contributed by atoms with Gasteiger partial charge in [0.2, 0.25) is 0 Å². The summed E-state index contributed by atoms with van der Waals surface area (Å²) < 4.78 is 14.1. The van der Waals surface area contributed by atoms with Crippen LogP contribution in [0.15, 0.2) is 46.0 Å². The Morgan fingerprint density at radius 2 is 2.12 bits per heavy atom. The molecule has 88 valence electrons. The summed E-state index contributed by atoms with van der Waals surface area (Å²) in [6, 6.07) is 8.72. The predicted octanol–water partition coefficient (Wildman–Crippen LogP) is 3.86. The number of halogens is 2. The third-order valence-electron chi connectivity index (χ3n) is 2.15. The third kappa shape index (κ3) is 3.44. The summed E-state index contributed by atoms with van der Waals surface area (Å²) in [5.74, 6) is 0.304. The third-order valence-corrected chi connectivity index (χ3v) is 3.64. The molecular weight excluding hydrogens is 303 g/mol. The zero-order valence-corrected chi connectivity index (χ0v) is 11.3. The van der Waals surface area contributed by atoms with Gasteiger partial charge in [0.25, 0.3) is 0 Å². The summed E-state index contributed by atoms with van der Waals surface area (Å²) in [5, 5.41) is 0.908. The molecule has 5 heteroatoms. The van der Waals surface area contributed by atoms with Gasteiger partial charge in [0.15, 0.2) is 0 Å². The van der Waals surface area contributed by atoms with Crippen LogP contribution >= 0.6 is 27.7 Å². The second-order valence-electron chi connectivity index (χ2n) is 3.46. The van der Waals surface area contributed by atoms with Gasteiger partial charge in [0, 0.05) is 16.4 Å². The van der Waals surface area contributed by atoms with Crippen LogP contribution < -0.4 is 5.73 Å². The second-order valence-corrected chi connectivity index (χ2v) is 5.37. The maximum absolute atomic E-state index is 13.2. The predicted molar refractivity (Wildman–Crippen MR) is 72.3 cm³/mol. The Labute approximate surface area is 112 Å². The van der Waals surface area contributed by atoms with Crippen LogP contribution in [-0.2, 0) is 5.75 Å². The molecule has 2 N–H and O–H groups in total. The highest BCUT2D eigenvalue weighted by Gasteiger charge is 2.02. The number of nitrogen functional groups attached to an aromatic ring is 1. The number of anilines is 1. The molecule has 0 bridgehead atoms. The monoisotopic (exact) mass is 312 g/mol. The summed E-state index contributed by atoms with van der Waals surface area (Å²) in [5.41, 5.74) is 6.49. The van der Waals surface area contributed by atoms with Crippen molar-refractivity contribution in [1.29, 1.82) is 0 Å². The molecule has 1 heterocycles. The molecule has 2 aromatic rings. The lowest BCUT2D eigenvalue weighted by atomic mass is 10.2. The van der Waals surface area contributed by atoms with Crippen LogP contribution in [0.5, 0.6) is 0 Å². The van der Waals surface area contributed by atoms with Gasteiger partial charge in [-0.3, -0.25) is 0 Å². The first-order valence-electron chi connectivity index (χ1n) is 4.93. The molecule has 1 aromatic carbocycles. The number of nitrogens with zero attached hydrogens (tertiary/aromatic N) is 1. The molecule has 0 aliphatic rings. The quantitative estimate of drug-likeness (QED) is 0.691. The van der Waals surface area contributed by atoms with E-state index in [0.717, 1.165) is 15.1 Å². The molecule has 0 aliphatic heterocycles. The largest absolute Gasteiger partial charge is 0.396 e. The fraction of sp³-hybridized carbons (Fsp3) is 0.0833.